The molecule has 0 spiro atoms. The zero-order valence-corrected chi connectivity index (χ0v) is 13.3. The fourth-order valence-corrected chi connectivity index (χ4v) is 2.15. The number of hydrogen-bond donors (Lipinski definition) is 1. The van der Waals surface area contributed by atoms with Crippen molar-refractivity contribution in [1.82, 2.24) is 20.1 Å². The Morgan fingerprint density at radius 3 is 2.71 bits per heavy atom. The molecule has 1 heterocycles. The van der Waals surface area contributed by atoms with Crippen LogP contribution in [0.1, 0.15) is 19.4 Å². The molecular formula is C14H16Cl2N4O. The zero-order valence-electron chi connectivity index (χ0n) is 11.8. The van der Waals surface area contributed by atoms with Gasteiger partial charge in [0.1, 0.15) is 19.2 Å². The van der Waals surface area contributed by atoms with Gasteiger partial charge in [0.15, 0.2) is 0 Å². The first kappa shape index (κ1) is 15.8. The van der Waals surface area contributed by atoms with E-state index in [2.05, 4.69) is 15.4 Å². The highest BCUT2D eigenvalue weighted by atomic mass is 35.5. The monoisotopic (exact) mass is 326 g/mol. The van der Waals surface area contributed by atoms with Gasteiger partial charge in [-0.2, -0.15) is 5.10 Å². The molecule has 0 bridgehead atoms. The average Bonchev–Trinajstić information content (AvgIpc) is 2.92. The molecular weight excluding hydrogens is 311 g/mol. The van der Waals surface area contributed by atoms with Crippen LogP contribution in [-0.4, -0.2) is 27.2 Å². The van der Waals surface area contributed by atoms with Crippen molar-refractivity contribution in [3.63, 3.8) is 0 Å². The molecule has 0 saturated heterocycles. The summed E-state index contributed by atoms with van der Waals surface area (Å²) in [4.78, 5) is 15.7. The number of nitrogens with zero attached hydrogens (tertiary/aromatic N) is 3. The summed E-state index contributed by atoms with van der Waals surface area (Å²) in [7, 11) is 0. The summed E-state index contributed by atoms with van der Waals surface area (Å²) in [6.07, 6.45) is 2.90. The van der Waals surface area contributed by atoms with Crippen molar-refractivity contribution in [2.24, 2.45) is 0 Å². The number of benzene rings is 1. The Labute approximate surface area is 133 Å². The Balaban J connectivity index is 1.97. The van der Waals surface area contributed by atoms with E-state index in [-0.39, 0.29) is 17.9 Å². The van der Waals surface area contributed by atoms with E-state index >= 15 is 0 Å². The van der Waals surface area contributed by atoms with E-state index in [1.54, 1.807) is 6.07 Å². The molecule has 1 amide bonds. The molecule has 21 heavy (non-hydrogen) atoms. The number of carbonyl (C=O) groups excluding carboxylic acids is 1. The van der Waals surface area contributed by atoms with Crippen LogP contribution in [0.5, 0.6) is 0 Å². The first-order chi connectivity index (χ1) is 9.88. The van der Waals surface area contributed by atoms with Crippen molar-refractivity contribution < 1.29 is 4.79 Å². The van der Waals surface area contributed by atoms with E-state index in [0.29, 0.717) is 16.6 Å². The SMILES string of the molecule is CC(C)(CNC(=O)Cn1cncn1)c1ccc(Cl)c(Cl)c1. The Morgan fingerprint density at radius 1 is 1.33 bits per heavy atom. The van der Waals surface area contributed by atoms with Crippen LogP contribution in [-0.2, 0) is 16.8 Å². The van der Waals surface area contributed by atoms with Crippen molar-refractivity contribution in [3.8, 4) is 0 Å². The third-order valence-electron chi connectivity index (χ3n) is 3.20. The van der Waals surface area contributed by atoms with Crippen LogP contribution in [0.15, 0.2) is 30.9 Å². The van der Waals surface area contributed by atoms with Crippen molar-refractivity contribution in [2.45, 2.75) is 25.8 Å². The lowest BCUT2D eigenvalue weighted by Crippen LogP contribution is -2.38. The van der Waals surface area contributed by atoms with Gasteiger partial charge < -0.3 is 5.32 Å². The number of rotatable bonds is 5. The Hall–Kier alpha value is -1.59. The molecule has 0 aliphatic rings. The Bertz CT molecular complexity index is 626. The predicted molar refractivity (Wildman–Crippen MR) is 82.5 cm³/mol. The highest BCUT2D eigenvalue weighted by molar-refractivity contribution is 6.42. The molecule has 2 aromatic rings. The van der Waals surface area contributed by atoms with E-state index < -0.39 is 0 Å². The van der Waals surface area contributed by atoms with E-state index in [1.165, 1.54) is 17.3 Å². The highest BCUT2D eigenvalue weighted by Crippen LogP contribution is 2.29. The summed E-state index contributed by atoms with van der Waals surface area (Å²) in [6, 6.07) is 5.50. The summed E-state index contributed by atoms with van der Waals surface area (Å²) in [5.41, 5.74) is 0.754. The van der Waals surface area contributed by atoms with Gasteiger partial charge in [0.25, 0.3) is 0 Å². The molecule has 1 aromatic carbocycles. The van der Waals surface area contributed by atoms with Crippen LogP contribution in [0.2, 0.25) is 10.0 Å². The lowest BCUT2D eigenvalue weighted by molar-refractivity contribution is -0.122. The first-order valence-electron chi connectivity index (χ1n) is 6.43. The summed E-state index contributed by atoms with van der Waals surface area (Å²) < 4.78 is 1.47. The number of nitrogens with one attached hydrogen (secondary N) is 1. The van der Waals surface area contributed by atoms with Crippen LogP contribution >= 0.6 is 23.2 Å². The number of amides is 1. The van der Waals surface area contributed by atoms with Gasteiger partial charge in [-0.05, 0) is 17.7 Å². The van der Waals surface area contributed by atoms with E-state index in [0.717, 1.165) is 5.56 Å². The number of carbonyl (C=O) groups is 1. The van der Waals surface area contributed by atoms with Gasteiger partial charge in [-0.3, -0.25) is 4.79 Å². The predicted octanol–water partition coefficient (Wildman–Crippen LogP) is 2.68. The van der Waals surface area contributed by atoms with Crippen molar-refractivity contribution in [3.05, 3.63) is 46.5 Å². The summed E-state index contributed by atoms with van der Waals surface area (Å²) in [5.74, 6) is -0.117. The van der Waals surface area contributed by atoms with Crippen LogP contribution in [0.4, 0.5) is 0 Å². The Kier molecular flexibility index (Phi) is 4.85. The molecule has 0 saturated carbocycles. The highest BCUT2D eigenvalue weighted by Gasteiger charge is 2.22. The summed E-state index contributed by atoms with van der Waals surface area (Å²) in [6.45, 7) is 4.70. The molecule has 5 nitrogen and oxygen atoms in total. The van der Waals surface area contributed by atoms with Gasteiger partial charge in [0.05, 0.1) is 10.0 Å². The Morgan fingerprint density at radius 2 is 2.10 bits per heavy atom. The summed E-state index contributed by atoms with van der Waals surface area (Å²) >= 11 is 12.0. The van der Waals surface area contributed by atoms with Gasteiger partial charge in [-0.15, -0.1) is 0 Å². The maximum atomic E-state index is 11.9. The molecule has 7 heteroatoms. The van der Waals surface area contributed by atoms with Crippen molar-refractivity contribution in [2.75, 3.05) is 6.54 Å². The fourth-order valence-electron chi connectivity index (χ4n) is 1.86. The molecule has 2 rings (SSSR count). The quantitative estimate of drug-likeness (QED) is 0.918. The molecule has 0 radical (unpaired) electrons. The average molecular weight is 327 g/mol. The van der Waals surface area contributed by atoms with Crippen LogP contribution in [0.25, 0.3) is 0 Å². The van der Waals surface area contributed by atoms with Gasteiger partial charge in [-0.25, -0.2) is 9.67 Å². The molecule has 112 valence electrons. The van der Waals surface area contributed by atoms with Crippen LogP contribution < -0.4 is 5.32 Å². The lowest BCUT2D eigenvalue weighted by Gasteiger charge is -2.26. The second kappa shape index (κ2) is 6.45. The van der Waals surface area contributed by atoms with Crippen molar-refractivity contribution >= 4 is 29.1 Å². The lowest BCUT2D eigenvalue weighted by atomic mass is 9.84. The van der Waals surface area contributed by atoms with E-state index in [4.69, 9.17) is 23.2 Å². The van der Waals surface area contributed by atoms with E-state index in [9.17, 15) is 4.79 Å². The maximum Gasteiger partial charge on any atom is 0.241 e. The van der Waals surface area contributed by atoms with Crippen molar-refractivity contribution in [1.29, 1.82) is 0 Å². The fraction of sp³-hybridized carbons (Fsp3) is 0.357. The third kappa shape index (κ3) is 4.19. The number of hydrogen-bond acceptors (Lipinski definition) is 3. The number of aromatic nitrogens is 3. The molecule has 0 unspecified atom stereocenters. The minimum Gasteiger partial charge on any atom is -0.354 e. The standard InChI is InChI=1S/C14H16Cl2N4O/c1-14(2,10-3-4-11(15)12(16)5-10)7-18-13(21)6-20-9-17-8-19-20/h3-5,8-9H,6-7H2,1-2H3,(H,18,21). The normalized spacial score (nSPS) is 11.4. The minimum atomic E-state index is -0.258. The molecule has 0 aliphatic heterocycles. The van der Waals surface area contributed by atoms with Gasteiger partial charge in [-0.1, -0.05) is 43.1 Å². The van der Waals surface area contributed by atoms with Gasteiger partial charge in [0, 0.05) is 12.0 Å². The van der Waals surface area contributed by atoms with Gasteiger partial charge >= 0.3 is 0 Å². The molecule has 0 aliphatic carbocycles. The third-order valence-corrected chi connectivity index (χ3v) is 3.94. The second-order valence-corrected chi connectivity index (χ2v) is 6.20. The molecule has 0 atom stereocenters. The van der Waals surface area contributed by atoms with Crippen LogP contribution in [0.3, 0.4) is 0 Å². The van der Waals surface area contributed by atoms with E-state index in [1.807, 2.05) is 26.0 Å². The first-order valence-corrected chi connectivity index (χ1v) is 7.19. The second-order valence-electron chi connectivity index (χ2n) is 5.38. The molecule has 1 aromatic heterocycles. The van der Waals surface area contributed by atoms with Crippen LogP contribution in [0, 0.1) is 0 Å². The molecule has 0 fully saturated rings. The smallest absolute Gasteiger partial charge is 0.241 e. The zero-order chi connectivity index (χ0) is 15.5. The van der Waals surface area contributed by atoms with Gasteiger partial charge in [0.2, 0.25) is 5.91 Å². The topological polar surface area (TPSA) is 59.8 Å². The molecule has 1 N–H and O–H groups in total. The number of halogens is 2. The largest absolute Gasteiger partial charge is 0.354 e. The maximum absolute atomic E-state index is 11.9. The minimum absolute atomic E-state index is 0.117. The summed E-state index contributed by atoms with van der Waals surface area (Å²) in [5, 5.41) is 7.81.